The number of aromatic nitrogens is 1. The monoisotopic (exact) mass is 267 g/mol. The molecule has 0 atom stereocenters. The van der Waals surface area contributed by atoms with E-state index in [9.17, 15) is 4.79 Å². The molecule has 0 aliphatic heterocycles. The zero-order valence-corrected chi connectivity index (χ0v) is 10.8. The Bertz CT molecular complexity index is 439. The summed E-state index contributed by atoms with van der Waals surface area (Å²) in [6, 6.07) is 4.09. The fourth-order valence-corrected chi connectivity index (χ4v) is 2.55. The van der Waals surface area contributed by atoms with Crippen molar-refractivity contribution in [3.63, 3.8) is 0 Å². The molecule has 6 heteroatoms. The van der Waals surface area contributed by atoms with Crippen LogP contribution in [0.2, 0.25) is 0 Å². The number of thiazole rings is 1. The Hall–Kier alpha value is -1.40. The van der Waals surface area contributed by atoms with E-state index in [1.54, 1.807) is 17.5 Å². The van der Waals surface area contributed by atoms with Crippen LogP contribution in [0.15, 0.2) is 29.1 Å². The van der Waals surface area contributed by atoms with E-state index in [1.165, 1.54) is 16.2 Å². The molecule has 0 saturated carbocycles. The van der Waals surface area contributed by atoms with Gasteiger partial charge in [-0.25, -0.2) is 4.98 Å². The topological polar surface area (TPSA) is 54.0 Å². The average molecular weight is 267 g/mol. The van der Waals surface area contributed by atoms with Crippen molar-refractivity contribution in [2.45, 2.75) is 6.42 Å². The van der Waals surface area contributed by atoms with Crippen molar-refractivity contribution in [2.24, 2.45) is 0 Å². The first kappa shape index (κ1) is 12.1. The molecule has 0 aliphatic rings. The lowest BCUT2D eigenvalue weighted by Gasteiger charge is -2.04. The molecular weight excluding hydrogens is 254 g/mol. The summed E-state index contributed by atoms with van der Waals surface area (Å²) in [5.41, 5.74) is 0. The predicted octanol–water partition coefficient (Wildman–Crippen LogP) is 1.98. The Kier molecular flexibility index (Phi) is 4.52. The lowest BCUT2D eigenvalue weighted by molar-refractivity contribution is -0.119. The van der Waals surface area contributed by atoms with Gasteiger partial charge in [0.2, 0.25) is 5.91 Å². The molecule has 2 aromatic rings. The maximum atomic E-state index is 11.5. The van der Waals surface area contributed by atoms with Gasteiger partial charge in [0, 0.05) is 23.0 Å². The van der Waals surface area contributed by atoms with E-state index in [4.69, 9.17) is 0 Å². The molecule has 90 valence electrons. The molecule has 0 fully saturated rings. The summed E-state index contributed by atoms with van der Waals surface area (Å²) in [4.78, 5) is 16.8. The number of nitrogens with zero attached hydrogens (tertiary/aromatic N) is 1. The van der Waals surface area contributed by atoms with E-state index in [0.29, 0.717) is 6.54 Å². The molecular formula is C11H13N3OS2. The number of hydrogen-bond donors (Lipinski definition) is 2. The van der Waals surface area contributed by atoms with Gasteiger partial charge in [-0.2, -0.15) is 0 Å². The maximum absolute atomic E-state index is 11.5. The predicted molar refractivity (Wildman–Crippen MR) is 71.6 cm³/mol. The Morgan fingerprint density at radius 2 is 2.29 bits per heavy atom. The maximum Gasteiger partial charge on any atom is 0.239 e. The number of carbonyl (C=O) groups is 1. The van der Waals surface area contributed by atoms with Gasteiger partial charge in [-0.1, -0.05) is 6.07 Å². The van der Waals surface area contributed by atoms with Gasteiger partial charge in [0.25, 0.3) is 0 Å². The molecule has 0 aliphatic carbocycles. The van der Waals surface area contributed by atoms with Crippen molar-refractivity contribution in [3.05, 3.63) is 34.0 Å². The largest absolute Gasteiger partial charge is 0.354 e. The van der Waals surface area contributed by atoms with E-state index >= 15 is 0 Å². The Morgan fingerprint density at radius 3 is 3.00 bits per heavy atom. The summed E-state index contributed by atoms with van der Waals surface area (Å²) in [5.74, 6) is -0.00300. The van der Waals surface area contributed by atoms with Crippen LogP contribution in [0.25, 0.3) is 0 Å². The van der Waals surface area contributed by atoms with E-state index in [1.807, 2.05) is 16.8 Å². The molecule has 2 heterocycles. The number of thiophene rings is 1. The number of carbonyl (C=O) groups excluding carboxylic acids is 1. The van der Waals surface area contributed by atoms with E-state index in [0.717, 1.165) is 11.6 Å². The lowest BCUT2D eigenvalue weighted by Crippen LogP contribution is -2.31. The van der Waals surface area contributed by atoms with Crippen LogP contribution >= 0.6 is 22.7 Å². The average Bonchev–Trinajstić information content (AvgIpc) is 2.99. The van der Waals surface area contributed by atoms with Gasteiger partial charge >= 0.3 is 0 Å². The van der Waals surface area contributed by atoms with Crippen molar-refractivity contribution in [3.8, 4) is 0 Å². The van der Waals surface area contributed by atoms with Crippen molar-refractivity contribution in [1.82, 2.24) is 10.3 Å². The van der Waals surface area contributed by atoms with Crippen LogP contribution in [0.3, 0.4) is 0 Å². The zero-order valence-electron chi connectivity index (χ0n) is 9.18. The van der Waals surface area contributed by atoms with Gasteiger partial charge in [-0.15, -0.1) is 22.7 Å². The third-order valence-electron chi connectivity index (χ3n) is 2.11. The highest BCUT2D eigenvalue weighted by molar-refractivity contribution is 7.13. The smallest absolute Gasteiger partial charge is 0.239 e. The lowest BCUT2D eigenvalue weighted by atomic mass is 10.3. The van der Waals surface area contributed by atoms with Crippen LogP contribution in [-0.2, 0) is 11.2 Å². The van der Waals surface area contributed by atoms with Crippen LogP contribution in [-0.4, -0.2) is 24.0 Å². The minimum atomic E-state index is -0.00300. The molecule has 0 radical (unpaired) electrons. The summed E-state index contributed by atoms with van der Waals surface area (Å²) >= 11 is 3.20. The van der Waals surface area contributed by atoms with Crippen LogP contribution in [0, 0.1) is 0 Å². The molecule has 1 amide bonds. The standard InChI is InChI=1S/C11H13N3OS2/c15-10(8-14-11-13-5-7-17-11)12-4-3-9-2-1-6-16-9/h1-2,5-7H,3-4,8H2,(H,12,15)(H,13,14). The quantitative estimate of drug-likeness (QED) is 0.841. The molecule has 0 bridgehead atoms. The second-order valence-corrected chi connectivity index (χ2v) is 5.30. The second kappa shape index (κ2) is 6.36. The summed E-state index contributed by atoms with van der Waals surface area (Å²) < 4.78 is 0. The molecule has 2 aromatic heterocycles. The Labute approximate surface area is 108 Å². The Balaban J connectivity index is 1.61. The molecule has 17 heavy (non-hydrogen) atoms. The van der Waals surface area contributed by atoms with Gasteiger partial charge in [0.05, 0.1) is 6.54 Å². The number of amides is 1. The van der Waals surface area contributed by atoms with Crippen LogP contribution in [0.5, 0.6) is 0 Å². The zero-order chi connectivity index (χ0) is 11.9. The second-order valence-electron chi connectivity index (χ2n) is 3.37. The number of anilines is 1. The molecule has 2 rings (SSSR count). The summed E-state index contributed by atoms with van der Waals surface area (Å²) in [5, 5.41) is 10.5. The first-order chi connectivity index (χ1) is 8.34. The number of nitrogens with one attached hydrogen (secondary N) is 2. The van der Waals surface area contributed by atoms with E-state index < -0.39 is 0 Å². The van der Waals surface area contributed by atoms with Crippen molar-refractivity contribution >= 4 is 33.7 Å². The minimum Gasteiger partial charge on any atom is -0.354 e. The normalized spacial score (nSPS) is 10.1. The molecule has 0 spiro atoms. The van der Waals surface area contributed by atoms with Crippen LogP contribution < -0.4 is 10.6 Å². The number of rotatable bonds is 6. The van der Waals surface area contributed by atoms with Gasteiger partial charge in [-0.3, -0.25) is 4.79 Å². The molecule has 0 unspecified atom stereocenters. The van der Waals surface area contributed by atoms with Crippen molar-refractivity contribution < 1.29 is 4.79 Å². The van der Waals surface area contributed by atoms with E-state index in [-0.39, 0.29) is 12.5 Å². The molecule has 4 nitrogen and oxygen atoms in total. The van der Waals surface area contributed by atoms with Crippen LogP contribution in [0.1, 0.15) is 4.88 Å². The summed E-state index contributed by atoms with van der Waals surface area (Å²) in [7, 11) is 0. The SMILES string of the molecule is O=C(CNc1nccs1)NCCc1cccs1. The van der Waals surface area contributed by atoms with Crippen molar-refractivity contribution in [1.29, 1.82) is 0 Å². The van der Waals surface area contributed by atoms with Crippen molar-refractivity contribution in [2.75, 3.05) is 18.4 Å². The number of hydrogen-bond acceptors (Lipinski definition) is 5. The first-order valence-corrected chi connectivity index (χ1v) is 7.03. The highest BCUT2D eigenvalue weighted by atomic mass is 32.1. The highest BCUT2D eigenvalue weighted by Crippen LogP contribution is 2.09. The Morgan fingerprint density at radius 1 is 1.35 bits per heavy atom. The molecule has 0 saturated heterocycles. The van der Waals surface area contributed by atoms with Crippen LogP contribution in [0.4, 0.5) is 5.13 Å². The highest BCUT2D eigenvalue weighted by Gasteiger charge is 2.02. The summed E-state index contributed by atoms with van der Waals surface area (Å²) in [6.45, 7) is 0.955. The van der Waals surface area contributed by atoms with Gasteiger partial charge < -0.3 is 10.6 Å². The molecule has 0 aromatic carbocycles. The van der Waals surface area contributed by atoms with Gasteiger partial charge in [0.1, 0.15) is 0 Å². The first-order valence-electron chi connectivity index (χ1n) is 5.27. The molecule has 2 N–H and O–H groups in total. The van der Waals surface area contributed by atoms with Gasteiger partial charge in [-0.05, 0) is 17.9 Å². The summed E-state index contributed by atoms with van der Waals surface area (Å²) in [6.07, 6.45) is 2.60. The third-order valence-corrected chi connectivity index (χ3v) is 3.77. The van der Waals surface area contributed by atoms with Gasteiger partial charge in [0.15, 0.2) is 5.13 Å². The third kappa shape index (κ3) is 4.16. The minimum absolute atomic E-state index is 0.00300. The fourth-order valence-electron chi connectivity index (χ4n) is 1.31. The fraction of sp³-hybridized carbons (Fsp3) is 0.273. The van der Waals surface area contributed by atoms with E-state index in [2.05, 4.69) is 21.7 Å².